The Kier molecular flexibility index (Phi) is 11.9. The summed E-state index contributed by atoms with van der Waals surface area (Å²) in [7, 11) is 0. The molecule has 61 heavy (non-hydrogen) atoms. The number of carbonyl (C=O) groups is 7. The summed E-state index contributed by atoms with van der Waals surface area (Å²) in [6.45, 7) is 14.7. The quantitative estimate of drug-likeness (QED) is 0.174. The molecule has 12 atom stereocenters. The van der Waals surface area contributed by atoms with Gasteiger partial charge in [0.1, 0.15) is 11.7 Å². The lowest BCUT2D eigenvalue weighted by molar-refractivity contribution is -0.345. The number of ketones is 1. The maximum atomic E-state index is 15.4. The summed E-state index contributed by atoms with van der Waals surface area (Å²) < 4.78 is 47.7. The van der Waals surface area contributed by atoms with Gasteiger partial charge in [0, 0.05) is 25.7 Å². The largest absolute Gasteiger partial charge is 0.509 e. The van der Waals surface area contributed by atoms with Gasteiger partial charge in [0.25, 0.3) is 0 Å². The predicted molar refractivity (Wildman–Crippen MR) is 207 cm³/mol. The zero-order valence-electron chi connectivity index (χ0n) is 35.9. The van der Waals surface area contributed by atoms with Crippen LogP contribution in [0.1, 0.15) is 92.4 Å². The average Bonchev–Trinajstić information content (AvgIpc) is 3.52. The van der Waals surface area contributed by atoms with E-state index >= 15 is 4.79 Å². The molecule has 18 nitrogen and oxygen atoms in total. The van der Waals surface area contributed by atoms with Crippen LogP contribution < -0.4 is 5.32 Å². The van der Waals surface area contributed by atoms with Gasteiger partial charge in [-0.2, -0.15) is 0 Å². The Morgan fingerprint density at radius 1 is 0.967 bits per heavy atom. The van der Waals surface area contributed by atoms with Gasteiger partial charge >= 0.3 is 36.1 Å². The van der Waals surface area contributed by atoms with Crippen LogP contribution in [0.5, 0.6) is 0 Å². The number of amides is 1. The molecule has 18 heteroatoms. The highest BCUT2D eigenvalue weighted by atomic mass is 16.8. The number of esters is 4. The first-order valence-electron chi connectivity index (χ1n) is 20.3. The van der Waals surface area contributed by atoms with Crippen LogP contribution in [-0.4, -0.2) is 124 Å². The molecule has 2 heterocycles. The zero-order valence-corrected chi connectivity index (χ0v) is 35.9. The van der Waals surface area contributed by atoms with Gasteiger partial charge in [-0.15, -0.1) is 0 Å². The molecule has 6 rings (SSSR count). The third-order valence-corrected chi connectivity index (χ3v) is 12.5. The predicted octanol–water partition coefficient (Wildman–Crippen LogP) is 3.27. The Hall–Kier alpha value is -5.07. The van der Waals surface area contributed by atoms with Crippen LogP contribution in [-0.2, 0) is 57.1 Å². The van der Waals surface area contributed by atoms with E-state index in [1.807, 2.05) is 0 Å². The second kappa shape index (κ2) is 16.0. The second-order valence-corrected chi connectivity index (χ2v) is 18.6. The minimum Gasteiger partial charge on any atom is -0.454 e. The van der Waals surface area contributed by atoms with Crippen molar-refractivity contribution in [2.24, 2.45) is 22.7 Å². The standard InChI is InChI=1S/C43H55NO17/c1-20(2)16-25(44-37(52)60-39(5,6)7)29(48)36(51)56-26-17-24-30(55-21(3)45)32(49)41(10)27(47)18-28-42(19-54-28,59-22(4)46)31(41)34(57-35(50)23-14-12-11-13-15-23)43(40(24,8)9)33(26)58-38(53)61-43/h11-15,17,20,25-31,33-34,47-48H,16,18-19H2,1-10H3,(H,44,52)/t25-,26+,27+,28+,29+,30+,31?,33-,34-,41+,42-,43+/m0/s1. The van der Waals surface area contributed by atoms with Gasteiger partial charge in [0.2, 0.25) is 5.60 Å². The van der Waals surface area contributed by atoms with E-state index in [1.165, 1.54) is 39.0 Å². The minimum atomic E-state index is -2.35. The Labute approximate surface area is 352 Å². The SMILES string of the molecule is CC(=O)O[C@H]1C(=O)[C@@]2(C)C([C@H](OC(=O)c3ccccc3)[C@]34OC(=O)O[C@H]3[C@H](OC(=O)[C@H](O)[C@H](CC(C)C)NC(=O)OC(C)(C)C)C=C1C4(C)C)[C@]1(OC(C)=O)CO[C@@H]1C[C@H]2O. The Morgan fingerprint density at radius 2 is 1.62 bits per heavy atom. The minimum absolute atomic E-state index is 0.0250. The van der Waals surface area contributed by atoms with E-state index in [9.17, 15) is 39.0 Å². The first-order valence-corrected chi connectivity index (χ1v) is 20.3. The van der Waals surface area contributed by atoms with Crippen molar-refractivity contribution in [3.8, 4) is 0 Å². The third kappa shape index (κ3) is 7.75. The van der Waals surface area contributed by atoms with E-state index < -0.39 is 124 Å². The van der Waals surface area contributed by atoms with Crippen LogP contribution in [0.2, 0.25) is 0 Å². The first-order chi connectivity index (χ1) is 28.3. The second-order valence-electron chi connectivity index (χ2n) is 18.6. The summed E-state index contributed by atoms with van der Waals surface area (Å²) in [6.07, 6.45) is -13.2. The van der Waals surface area contributed by atoms with Gasteiger partial charge in [0.05, 0.1) is 35.6 Å². The molecule has 5 aliphatic rings. The molecule has 1 unspecified atom stereocenters. The van der Waals surface area contributed by atoms with Crippen molar-refractivity contribution >= 4 is 41.9 Å². The maximum Gasteiger partial charge on any atom is 0.509 e. The van der Waals surface area contributed by atoms with Crippen molar-refractivity contribution in [3.05, 3.63) is 47.5 Å². The molecule has 3 aliphatic carbocycles. The lowest BCUT2D eigenvalue weighted by Gasteiger charge is -2.67. The molecule has 2 bridgehead atoms. The molecule has 1 spiro atoms. The van der Waals surface area contributed by atoms with Crippen molar-refractivity contribution < 1.29 is 81.7 Å². The van der Waals surface area contributed by atoms with Gasteiger partial charge in [-0.05, 0) is 63.8 Å². The number of nitrogens with one attached hydrogen (secondary N) is 1. The fourth-order valence-corrected chi connectivity index (χ4v) is 9.86. The number of hydrogen-bond acceptors (Lipinski definition) is 17. The monoisotopic (exact) mass is 857 g/mol. The summed E-state index contributed by atoms with van der Waals surface area (Å²) in [6, 6.07) is 6.45. The van der Waals surface area contributed by atoms with Gasteiger partial charge < -0.3 is 53.4 Å². The number of aliphatic hydroxyl groups is 2. The molecular formula is C43H55NO17. The van der Waals surface area contributed by atoms with E-state index in [-0.39, 0.29) is 36.5 Å². The summed E-state index contributed by atoms with van der Waals surface area (Å²) in [4.78, 5) is 96.6. The molecular weight excluding hydrogens is 802 g/mol. The molecule has 0 radical (unpaired) electrons. The highest BCUT2D eigenvalue weighted by Crippen LogP contribution is 2.66. The van der Waals surface area contributed by atoms with Crippen LogP contribution >= 0.6 is 0 Å². The summed E-state index contributed by atoms with van der Waals surface area (Å²) in [5.74, 6) is -6.75. The van der Waals surface area contributed by atoms with Gasteiger partial charge in [-0.3, -0.25) is 14.4 Å². The molecule has 2 saturated carbocycles. The summed E-state index contributed by atoms with van der Waals surface area (Å²) in [5.41, 5.74) is -9.04. The number of fused-ring (bicyclic) bond motifs is 4. The van der Waals surface area contributed by atoms with Crippen LogP contribution in [0.15, 0.2) is 42.0 Å². The number of ether oxygens (including phenoxy) is 8. The van der Waals surface area contributed by atoms with Gasteiger partial charge in [0.15, 0.2) is 41.9 Å². The third-order valence-electron chi connectivity index (χ3n) is 12.5. The average molecular weight is 858 g/mol. The number of Topliss-reactive ketones (excluding diaryl/α,β-unsaturated/α-hetero) is 1. The molecule has 1 amide bonds. The number of hydrogen-bond donors (Lipinski definition) is 3. The Balaban J connectivity index is 1.58. The Morgan fingerprint density at radius 3 is 2.18 bits per heavy atom. The Bertz CT molecular complexity index is 1990. The van der Waals surface area contributed by atoms with Crippen LogP contribution in [0, 0.1) is 22.7 Å². The number of rotatable bonds is 10. The maximum absolute atomic E-state index is 15.4. The van der Waals surface area contributed by atoms with Gasteiger partial charge in [-0.25, -0.2) is 19.2 Å². The lowest BCUT2D eigenvalue weighted by atomic mass is 9.44. The number of alkyl carbamates (subject to hydrolysis) is 1. The normalized spacial score (nSPS) is 34.4. The van der Waals surface area contributed by atoms with E-state index in [1.54, 1.807) is 52.8 Å². The fraction of sp³-hybridized carbons (Fsp3) is 0.651. The smallest absolute Gasteiger partial charge is 0.454 e. The van der Waals surface area contributed by atoms with Crippen LogP contribution in [0.4, 0.5) is 9.59 Å². The highest BCUT2D eigenvalue weighted by Gasteiger charge is 2.83. The summed E-state index contributed by atoms with van der Waals surface area (Å²) >= 11 is 0. The molecule has 3 N–H and O–H groups in total. The van der Waals surface area contributed by atoms with Crippen molar-refractivity contribution in [1.82, 2.24) is 5.32 Å². The lowest BCUT2D eigenvalue weighted by Crippen LogP contribution is -2.83. The van der Waals surface area contributed by atoms with Gasteiger partial charge in [-0.1, -0.05) is 45.9 Å². The van der Waals surface area contributed by atoms with Crippen LogP contribution in [0.3, 0.4) is 0 Å². The topological polar surface area (TPSA) is 246 Å². The van der Waals surface area contributed by atoms with E-state index in [2.05, 4.69) is 5.32 Å². The molecule has 334 valence electrons. The van der Waals surface area contributed by atoms with Crippen molar-refractivity contribution in [3.63, 3.8) is 0 Å². The molecule has 2 aliphatic heterocycles. The van der Waals surface area contributed by atoms with E-state index in [0.717, 1.165) is 13.8 Å². The number of carbonyl (C=O) groups excluding carboxylic acids is 7. The molecule has 2 saturated heterocycles. The zero-order chi connectivity index (χ0) is 45.2. The first kappa shape index (κ1) is 45.5. The van der Waals surface area contributed by atoms with Crippen molar-refractivity contribution in [2.75, 3.05) is 6.61 Å². The molecule has 0 aromatic heterocycles. The summed E-state index contributed by atoms with van der Waals surface area (Å²) in [5, 5.41) is 26.1. The van der Waals surface area contributed by atoms with Crippen LogP contribution in [0.25, 0.3) is 0 Å². The van der Waals surface area contributed by atoms with Crippen molar-refractivity contribution in [1.29, 1.82) is 0 Å². The molecule has 1 aromatic carbocycles. The fourth-order valence-electron chi connectivity index (χ4n) is 9.86. The van der Waals surface area contributed by atoms with E-state index in [0.29, 0.717) is 0 Å². The van der Waals surface area contributed by atoms with E-state index in [4.69, 9.17) is 37.9 Å². The van der Waals surface area contributed by atoms with Crippen molar-refractivity contribution in [2.45, 2.75) is 148 Å². The highest BCUT2D eigenvalue weighted by molar-refractivity contribution is 5.95. The molecule has 1 aromatic rings. The number of benzene rings is 1. The molecule has 4 fully saturated rings. The number of aliphatic hydroxyl groups excluding tert-OH is 2.